The fourth-order valence-electron chi connectivity index (χ4n) is 2.92. The van der Waals surface area contributed by atoms with Gasteiger partial charge in [-0.05, 0) is 37.0 Å². The first-order chi connectivity index (χ1) is 11.6. The molecule has 2 heterocycles. The molecule has 0 aliphatic rings. The minimum Gasteiger partial charge on any atom is -0.504 e. The maximum Gasteiger partial charge on any atom is 0.180 e. The summed E-state index contributed by atoms with van der Waals surface area (Å²) in [6, 6.07) is 13.4. The predicted octanol–water partition coefficient (Wildman–Crippen LogP) is 3.08. The third-order valence-corrected chi connectivity index (χ3v) is 4.27. The largest absolute Gasteiger partial charge is 0.504 e. The van der Waals surface area contributed by atoms with Crippen molar-refractivity contribution in [2.75, 3.05) is 0 Å². The first kappa shape index (κ1) is 16.0. The highest BCUT2D eigenvalue weighted by Crippen LogP contribution is 2.28. The first-order valence-corrected chi connectivity index (χ1v) is 7.90. The number of nitriles is 1. The van der Waals surface area contributed by atoms with Gasteiger partial charge in [0.05, 0.1) is 30.0 Å². The summed E-state index contributed by atoms with van der Waals surface area (Å²) in [7, 11) is 0. The fraction of sp³-hybridized carbons (Fsp3) is 0.263. The Hall–Kier alpha value is -2.84. The van der Waals surface area contributed by atoms with E-state index in [2.05, 4.69) is 11.1 Å². The highest BCUT2D eigenvalue weighted by molar-refractivity contribution is 5.59. The molecular formula is C19H19N3O2. The molecule has 0 saturated heterocycles. The van der Waals surface area contributed by atoms with Gasteiger partial charge >= 0.3 is 0 Å². The van der Waals surface area contributed by atoms with E-state index in [1.165, 1.54) is 0 Å². The molecule has 1 atom stereocenters. The number of nitrogens with zero attached hydrogens (tertiary/aromatic N) is 3. The van der Waals surface area contributed by atoms with E-state index in [1.54, 1.807) is 4.40 Å². The zero-order chi connectivity index (χ0) is 17.1. The molecular weight excluding hydrogens is 302 g/mol. The number of aromatic nitrogens is 2. The van der Waals surface area contributed by atoms with Crippen molar-refractivity contribution < 1.29 is 10.2 Å². The lowest BCUT2D eigenvalue weighted by Crippen LogP contribution is -2.01. The Kier molecular flexibility index (Phi) is 4.50. The molecule has 3 rings (SSSR count). The van der Waals surface area contributed by atoms with Crippen molar-refractivity contribution in [3.8, 4) is 11.8 Å². The Morgan fingerprint density at radius 3 is 2.71 bits per heavy atom. The monoisotopic (exact) mass is 321 g/mol. The van der Waals surface area contributed by atoms with Crippen LogP contribution in [0.25, 0.3) is 5.65 Å². The maximum atomic E-state index is 10.5. The van der Waals surface area contributed by atoms with Crippen molar-refractivity contribution in [3.63, 3.8) is 0 Å². The van der Waals surface area contributed by atoms with Crippen molar-refractivity contribution in [2.24, 2.45) is 0 Å². The standard InChI is InChI=1S/C19H19N3O2/c1-13-16(9-11-20)22-12-10-15(18(24)19(22)21-13)7-8-17(23)14-5-3-2-4-6-14/h2-6,10,12,17,23-24H,7-9H2,1H3. The lowest BCUT2D eigenvalue weighted by atomic mass is 10.0. The van der Waals surface area contributed by atoms with Crippen LogP contribution in [0.2, 0.25) is 0 Å². The molecule has 2 N–H and O–H groups in total. The molecule has 3 aromatic rings. The van der Waals surface area contributed by atoms with Crippen molar-refractivity contribution >= 4 is 5.65 Å². The van der Waals surface area contributed by atoms with E-state index in [1.807, 2.05) is 49.5 Å². The second-order valence-electron chi connectivity index (χ2n) is 5.83. The number of hydrogen-bond donors (Lipinski definition) is 2. The van der Waals surface area contributed by atoms with Gasteiger partial charge in [0, 0.05) is 6.20 Å². The summed E-state index contributed by atoms with van der Waals surface area (Å²) < 4.78 is 1.75. The third kappa shape index (κ3) is 2.97. The van der Waals surface area contributed by atoms with Crippen molar-refractivity contribution in [3.05, 3.63) is 65.1 Å². The number of imidazole rings is 1. The molecule has 24 heavy (non-hydrogen) atoms. The van der Waals surface area contributed by atoms with Crippen molar-refractivity contribution in [1.29, 1.82) is 5.26 Å². The summed E-state index contributed by atoms with van der Waals surface area (Å²) in [5.41, 5.74) is 3.61. The van der Waals surface area contributed by atoms with Crippen LogP contribution < -0.4 is 0 Å². The van der Waals surface area contributed by atoms with Gasteiger partial charge in [0.2, 0.25) is 0 Å². The van der Waals surface area contributed by atoms with Gasteiger partial charge in [-0.3, -0.25) is 4.40 Å². The summed E-state index contributed by atoms with van der Waals surface area (Å²) >= 11 is 0. The summed E-state index contributed by atoms with van der Waals surface area (Å²) in [6.07, 6.45) is 2.55. The number of hydrogen-bond acceptors (Lipinski definition) is 4. The molecule has 5 nitrogen and oxygen atoms in total. The molecule has 0 aliphatic carbocycles. The molecule has 1 unspecified atom stereocenters. The lowest BCUT2D eigenvalue weighted by molar-refractivity contribution is 0.167. The second-order valence-corrected chi connectivity index (χ2v) is 5.83. The van der Waals surface area contributed by atoms with Gasteiger partial charge in [0.1, 0.15) is 0 Å². The smallest absolute Gasteiger partial charge is 0.180 e. The van der Waals surface area contributed by atoms with Crippen LogP contribution in [-0.4, -0.2) is 19.6 Å². The number of fused-ring (bicyclic) bond motifs is 1. The third-order valence-electron chi connectivity index (χ3n) is 4.27. The fourth-order valence-corrected chi connectivity index (χ4v) is 2.92. The molecule has 122 valence electrons. The Labute approximate surface area is 140 Å². The van der Waals surface area contributed by atoms with Crippen LogP contribution in [0.15, 0.2) is 42.6 Å². The van der Waals surface area contributed by atoms with Crippen LogP contribution >= 0.6 is 0 Å². The van der Waals surface area contributed by atoms with Crippen LogP contribution in [-0.2, 0) is 12.8 Å². The predicted molar refractivity (Wildman–Crippen MR) is 90.6 cm³/mol. The number of benzene rings is 1. The lowest BCUT2D eigenvalue weighted by Gasteiger charge is -2.12. The average Bonchev–Trinajstić information content (AvgIpc) is 2.92. The van der Waals surface area contributed by atoms with Crippen molar-refractivity contribution in [2.45, 2.75) is 32.3 Å². The number of pyridine rings is 1. The van der Waals surface area contributed by atoms with E-state index in [0.29, 0.717) is 18.5 Å². The van der Waals surface area contributed by atoms with Gasteiger partial charge in [-0.15, -0.1) is 0 Å². The van der Waals surface area contributed by atoms with Gasteiger partial charge in [-0.2, -0.15) is 5.26 Å². The van der Waals surface area contributed by atoms with Gasteiger partial charge in [0.25, 0.3) is 0 Å². The van der Waals surface area contributed by atoms with Crippen LogP contribution in [0.3, 0.4) is 0 Å². The molecule has 0 fully saturated rings. The molecule has 0 aliphatic heterocycles. The Morgan fingerprint density at radius 1 is 1.25 bits per heavy atom. The Bertz CT molecular complexity index is 894. The maximum absolute atomic E-state index is 10.5. The van der Waals surface area contributed by atoms with Crippen LogP contribution in [0, 0.1) is 18.3 Å². The van der Waals surface area contributed by atoms with Crippen LogP contribution in [0.5, 0.6) is 5.75 Å². The number of aryl methyl sites for hydroxylation is 2. The molecule has 0 spiro atoms. The topological polar surface area (TPSA) is 81.6 Å². The summed E-state index contributed by atoms with van der Waals surface area (Å²) in [5.74, 6) is 0.116. The number of aliphatic hydroxyl groups excluding tert-OH is 1. The van der Waals surface area contributed by atoms with Crippen LogP contribution in [0.1, 0.15) is 35.0 Å². The Morgan fingerprint density at radius 2 is 2.00 bits per heavy atom. The van der Waals surface area contributed by atoms with Gasteiger partial charge in [-0.1, -0.05) is 30.3 Å². The van der Waals surface area contributed by atoms with Gasteiger partial charge in [0.15, 0.2) is 11.4 Å². The zero-order valence-corrected chi connectivity index (χ0v) is 13.5. The summed E-state index contributed by atoms with van der Waals surface area (Å²) in [6.45, 7) is 1.83. The minimum absolute atomic E-state index is 0.116. The van der Waals surface area contributed by atoms with E-state index in [0.717, 1.165) is 22.5 Å². The Balaban J connectivity index is 1.83. The van der Waals surface area contributed by atoms with E-state index in [-0.39, 0.29) is 12.2 Å². The molecule has 2 aromatic heterocycles. The second kappa shape index (κ2) is 6.73. The highest BCUT2D eigenvalue weighted by Gasteiger charge is 2.15. The summed E-state index contributed by atoms with van der Waals surface area (Å²) in [5, 5.41) is 29.7. The molecule has 0 amide bonds. The SMILES string of the molecule is Cc1nc2c(O)c(CCC(O)c3ccccc3)ccn2c1CC#N. The molecule has 0 bridgehead atoms. The van der Waals surface area contributed by atoms with Gasteiger partial charge in [-0.25, -0.2) is 4.98 Å². The van der Waals surface area contributed by atoms with Gasteiger partial charge < -0.3 is 10.2 Å². The number of aliphatic hydroxyl groups is 1. The average molecular weight is 321 g/mol. The summed E-state index contributed by atoms with van der Waals surface area (Å²) in [4.78, 5) is 4.38. The van der Waals surface area contributed by atoms with Crippen molar-refractivity contribution in [1.82, 2.24) is 9.38 Å². The quantitative estimate of drug-likeness (QED) is 0.756. The minimum atomic E-state index is -0.572. The van der Waals surface area contributed by atoms with E-state index in [4.69, 9.17) is 5.26 Å². The molecule has 0 saturated carbocycles. The van der Waals surface area contributed by atoms with E-state index >= 15 is 0 Å². The van der Waals surface area contributed by atoms with E-state index in [9.17, 15) is 10.2 Å². The molecule has 0 radical (unpaired) electrons. The highest BCUT2D eigenvalue weighted by atomic mass is 16.3. The number of aromatic hydroxyl groups is 1. The molecule has 5 heteroatoms. The van der Waals surface area contributed by atoms with E-state index < -0.39 is 6.10 Å². The van der Waals surface area contributed by atoms with Crippen LogP contribution in [0.4, 0.5) is 0 Å². The first-order valence-electron chi connectivity index (χ1n) is 7.90. The zero-order valence-electron chi connectivity index (χ0n) is 13.5. The molecule has 1 aromatic carbocycles. The normalized spacial score (nSPS) is 12.2. The number of rotatable bonds is 5.